The van der Waals surface area contributed by atoms with Crippen LogP contribution in [0.15, 0.2) is 4.47 Å². The van der Waals surface area contributed by atoms with Gasteiger partial charge in [-0.15, -0.1) is 0 Å². The van der Waals surface area contributed by atoms with Crippen molar-refractivity contribution in [3.05, 3.63) is 21.4 Å². The Hall–Kier alpha value is -1.51. The molecule has 0 aliphatic carbocycles. The van der Waals surface area contributed by atoms with Crippen molar-refractivity contribution in [1.82, 2.24) is 14.9 Å². The fraction of sp³-hybridized carbons (Fsp3) is 0.500. The lowest BCUT2D eigenvalue weighted by molar-refractivity contribution is 0.134. The van der Waals surface area contributed by atoms with Gasteiger partial charge in [0.05, 0.1) is 23.1 Å². The maximum atomic E-state index is 14.8. The summed E-state index contributed by atoms with van der Waals surface area (Å²) in [6.07, 6.45) is 0.985. The molecule has 0 spiro atoms. The minimum Gasteiger partial charge on any atom is -0.493 e. The summed E-state index contributed by atoms with van der Waals surface area (Å²) in [5, 5.41) is 10.8. The van der Waals surface area contributed by atoms with Crippen molar-refractivity contribution in [3.63, 3.8) is 0 Å². The van der Waals surface area contributed by atoms with Crippen LogP contribution in [0.1, 0.15) is 17.5 Å². The Bertz CT molecular complexity index is 830. The van der Waals surface area contributed by atoms with Crippen LogP contribution in [0.3, 0.4) is 0 Å². The molecule has 1 saturated heterocycles. The second-order valence-corrected chi connectivity index (χ2v) is 7.29. The molecule has 0 radical (unpaired) electrons. The zero-order valence-corrected chi connectivity index (χ0v) is 15.1. The zero-order chi connectivity index (χ0) is 17.0. The summed E-state index contributed by atoms with van der Waals surface area (Å²) in [5.41, 5.74) is 1.62. The van der Waals surface area contributed by atoms with Gasteiger partial charge in [-0.2, -0.15) is 4.98 Å². The molecule has 1 fully saturated rings. The Balaban J connectivity index is 1.84. The first-order chi connectivity index (χ1) is 11.5. The van der Waals surface area contributed by atoms with Gasteiger partial charge in [0, 0.05) is 24.7 Å². The summed E-state index contributed by atoms with van der Waals surface area (Å²) in [6, 6.07) is 0.399. The lowest BCUT2D eigenvalue weighted by Crippen LogP contribution is -2.32. The molecule has 6 nitrogen and oxygen atoms in total. The summed E-state index contributed by atoms with van der Waals surface area (Å²) < 4.78 is 20.5. The number of aromatic nitrogens is 2. The molecular formula is C16H18BrFN4O2. The number of halogens is 2. The van der Waals surface area contributed by atoms with Crippen LogP contribution in [-0.2, 0) is 18.0 Å². The number of aromatic hydroxyl groups is 1. The number of rotatable bonds is 2. The van der Waals surface area contributed by atoms with Crippen LogP contribution in [0.2, 0.25) is 0 Å². The largest absolute Gasteiger partial charge is 0.493 e. The van der Waals surface area contributed by atoms with Crippen LogP contribution >= 0.6 is 15.9 Å². The summed E-state index contributed by atoms with van der Waals surface area (Å²) in [4.78, 5) is 12.8. The zero-order valence-electron chi connectivity index (χ0n) is 13.5. The first-order valence-corrected chi connectivity index (χ1v) is 8.65. The van der Waals surface area contributed by atoms with Gasteiger partial charge in [0.15, 0.2) is 5.82 Å². The molecule has 8 heteroatoms. The van der Waals surface area contributed by atoms with Gasteiger partial charge in [0.25, 0.3) is 0 Å². The number of benzene rings is 1. The fourth-order valence-electron chi connectivity index (χ4n) is 3.45. The van der Waals surface area contributed by atoms with Gasteiger partial charge in [-0.1, -0.05) is 0 Å². The van der Waals surface area contributed by atoms with E-state index in [2.05, 4.69) is 30.8 Å². The van der Waals surface area contributed by atoms with Crippen molar-refractivity contribution in [3.8, 4) is 5.88 Å². The van der Waals surface area contributed by atoms with Crippen molar-refractivity contribution in [1.29, 1.82) is 0 Å². The van der Waals surface area contributed by atoms with Gasteiger partial charge in [-0.05, 0) is 42.0 Å². The third kappa shape index (κ3) is 2.35. The summed E-state index contributed by atoms with van der Waals surface area (Å²) in [5.74, 6) is -0.290. The van der Waals surface area contributed by atoms with Crippen LogP contribution in [0.4, 0.5) is 10.3 Å². The van der Waals surface area contributed by atoms with E-state index in [1.54, 1.807) is 0 Å². The van der Waals surface area contributed by atoms with E-state index in [1.807, 2.05) is 19.0 Å². The highest BCUT2D eigenvalue weighted by atomic mass is 79.9. The smallest absolute Gasteiger partial charge is 0.229 e. The molecule has 2 aliphatic heterocycles. The van der Waals surface area contributed by atoms with Gasteiger partial charge < -0.3 is 19.6 Å². The fourth-order valence-corrected chi connectivity index (χ4v) is 3.99. The van der Waals surface area contributed by atoms with Gasteiger partial charge in [0.2, 0.25) is 11.8 Å². The molecule has 3 heterocycles. The minimum absolute atomic E-state index is 0.141. The Morgan fingerprint density at radius 1 is 1.29 bits per heavy atom. The van der Waals surface area contributed by atoms with Crippen molar-refractivity contribution >= 4 is 32.8 Å². The predicted octanol–water partition coefficient (Wildman–Crippen LogP) is 2.41. The molecule has 2 aliphatic rings. The maximum Gasteiger partial charge on any atom is 0.229 e. The third-order valence-corrected chi connectivity index (χ3v) is 5.71. The van der Waals surface area contributed by atoms with Crippen molar-refractivity contribution in [2.75, 3.05) is 32.1 Å². The summed E-state index contributed by atoms with van der Waals surface area (Å²) in [6.45, 7) is 2.19. The number of ether oxygens (including phenoxy) is 1. The number of hydrogen-bond acceptors (Lipinski definition) is 6. The van der Waals surface area contributed by atoms with Crippen LogP contribution < -0.4 is 4.90 Å². The topological polar surface area (TPSA) is 61.7 Å². The van der Waals surface area contributed by atoms with E-state index >= 15 is 0 Å². The lowest BCUT2D eigenvalue weighted by atomic mass is 10.0. The molecule has 1 aromatic carbocycles. The highest BCUT2D eigenvalue weighted by molar-refractivity contribution is 9.10. The van der Waals surface area contributed by atoms with Crippen molar-refractivity contribution in [2.45, 2.75) is 25.7 Å². The molecule has 2 aromatic rings. The van der Waals surface area contributed by atoms with Crippen molar-refractivity contribution in [2.24, 2.45) is 0 Å². The third-order valence-electron chi connectivity index (χ3n) is 4.88. The SMILES string of the molecule is CN(C)[C@H]1CCN(c2nc(O)c3c4c(c(Br)c(F)c3n2)COC4)C1. The molecule has 0 unspecified atom stereocenters. The second kappa shape index (κ2) is 5.79. The lowest BCUT2D eigenvalue weighted by Gasteiger charge is -2.21. The second-order valence-electron chi connectivity index (χ2n) is 6.50. The van der Waals surface area contributed by atoms with E-state index in [-0.39, 0.29) is 11.4 Å². The average Bonchev–Trinajstić information content (AvgIpc) is 3.21. The quantitative estimate of drug-likeness (QED) is 0.840. The van der Waals surface area contributed by atoms with E-state index in [0.29, 0.717) is 35.1 Å². The number of likely N-dealkylation sites (N-methyl/N-ethyl adjacent to an activating group) is 1. The number of hydrogen-bond donors (Lipinski definition) is 1. The van der Waals surface area contributed by atoms with E-state index in [9.17, 15) is 9.50 Å². The molecule has 24 heavy (non-hydrogen) atoms. The Kier molecular flexibility index (Phi) is 3.85. The first-order valence-electron chi connectivity index (χ1n) is 7.86. The van der Waals surface area contributed by atoms with Gasteiger partial charge >= 0.3 is 0 Å². The molecule has 0 bridgehead atoms. The highest BCUT2D eigenvalue weighted by Gasteiger charge is 2.30. The highest BCUT2D eigenvalue weighted by Crippen LogP contribution is 2.40. The molecule has 0 amide bonds. The molecule has 4 rings (SSSR count). The first kappa shape index (κ1) is 16.0. The summed E-state index contributed by atoms with van der Waals surface area (Å²) in [7, 11) is 4.07. The molecule has 1 aromatic heterocycles. The van der Waals surface area contributed by atoms with Crippen LogP contribution in [0.5, 0.6) is 5.88 Å². The van der Waals surface area contributed by atoms with Gasteiger partial charge in [-0.3, -0.25) is 0 Å². The minimum atomic E-state index is -0.475. The van der Waals surface area contributed by atoms with E-state index in [1.165, 1.54) is 0 Å². The number of anilines is 1. The van der Waals surface area contributed by atoms with Gasteiger partial charge in [-0.25, -0.2) is 9.37 Å². The van der Waals surface area contributed by atoms with E-state index < -0.39 is 5.82 Å². The van der Waals surface area contributed by atoms with Crippen LogP contribution in [0.25, 0.3) is 10.9 Å². The monoisotopic (exact) mass is 396 g/mol. The molecule has 128 valence electrons. The molecular weight excluding hydrogens is 379 g/mol. The number of nitrogens with zero attached hydrogens (tertiary/aromatic N) is 4. The van der Waals surface area contributed by atoms with Gasteiger partial charge in [0.1, 0.15) is 5.52 Å². The predicted molar refractivity (Wildman–Crippen MR) is 91.7 cm³/mol. The molecule has 1 atom stereocenters. The normalized spacial score (nSPS) is 20.4. The number of fused-ring (bicyclic) bond motifs is 3. The summed E-state index contributed by atoms with van der Waals surface area (Å²) >= 11 is 3.30. The maximum absolute atomic E-state index is 14.8. The average molecular weight is 397 g/mol. The van der Waals surface area contributed by atoms with Crippen LogP contribution in [-0.4, -0.2) is 53.2 Å². The van der Waals surface area contributed by atoms with Crippen molar-refractivity contribution < 1.29 is 14.2 Å². The Morgan fingerprint density at radius 3 is 2.75 bits per heavy atom. The van der Waals surface area contributed by atoms with Crippen LogP contribution in [0, 0.1) is 5.82 Å². The molecule has 0 saturated carbocycles. The Labute approximate surface area is 147 Å². The van der Waals surface area contributed by atoms with E-state index in [4.69, 9.17) is 4.74 Å². The molecule has 1 N–H and O–H groups in total. The standard InChI is InChI=1S/C16H18BrFN4O2/c1-21(2)8-3-4-22(5-8)16-19-14-11(15(23)20-16)9-6-24-7-10(9)12(17)13(14)18/h8H,3-7H2,1-2H3,(H,19,20,23)/t8-/m0/s1. The van der Waals surface area contributed by atoms with E-state index in [0.717, 1.165) is 30.6 Å². The Morgan fingerprint density at radius 2 is 2.04 bits per heavy atom.